The van der Waals surface area contributed by atoms with Crippen LogP contribution in [-0.2, 0) is 20.7 Å². The lowest BCUT2D eigenvalue weighted by molar-refractivity contribution is -0.152. The lowest BCUT2D eigenvalue weighted by Gasteiger charge is -2.19. The molecule has 0 spiro atoms. The van der Waals surface area contributed by atoms with Crippen molar-refractivity contribution in [3.05, 3.63) is 35.2 Å². The molecule has 1 N–H and O–H groups in total. The zero-order chi connectivity index (χ0) is 18.7. The van der Waals surface area contributed by atoms with E-state index in [2.05, 4.69) is 10.5 Å². The van der Waals surface area contributed by atoms with Gasteiger partial charge in [0.2, 0.25) is 0 Å². The van der Waals surface area contributed by atoms with E-state index < -0.39 is 18.0 Å². The lowest BCUT2D eigenvalue weighted by atomic mass is 10.1. The molecule has 2 heterocycles. The van der Waals surface area contributed by atoms with Crippen LogP contribution in [0.15, 0.2) is 22.7 Å². The zero-order valence-corrected chi connectivity index (χ0v) is 14.8. The summed E-state index contributed by atoms with van der Waals surface area (Å²) < 4.78 is 21.1. The number of hydrogen-bond acceptors (Lipinski definition) is 7. The van der Waals surface area contributed by atoms with Gasteiger partial charge in [0.1, 0.15) is 19.0 Å². The lowest BCUT2D eigenvalue weighted by Crippen LogP contribution is -2.30. The second kappa shape index (κ2) is 7.47. The van der Waals surface area contributed by atoms with Crippen molar-refractivity contribution in [2.24, 2.45) is 0 Å². The van der Waals surface area contributed by atoms with E-state index in [9.17, 15) is 9.59 Å². The van der Waals surface area contributed by atoms with Gasteiger partial charge in [0.15, 0.2) is 17.6 Å². The van der Waals surface area contributed by atoms with Crippen LogP contribution >= 0.6 is 0 Å². The van der Waals surface area contributed by atoms with Gasteiger partial charge in [-0.2, -0.15) is 0 Å². The fourth-order valence-corrected chi connectivity index (χ4v) is 2.56. The second-order valence-corrected chi connectivity index (χ2v) is 5.96. The highest BCUT2D eigenvalue weighted by Gasteiger charge is 2.21. The van der Waals surface area contributed by atoms with Crippen molar-refractivity contribution < 1.29 is 28.3 Å². The van der Waals surface area contributed by atoms with Gasteiger partial charge in [-0.15, -0.1) is 0 Å². The first-order valence-electron chi connectivity index (χ1n) is 8.26. The maximum Gasteiger partial charge on any atom is 0.311 e. The number of nitrogens with one attached hydrogen (secondary N) is 1. The Morgan fingerprint density at radius 3 is 2.65 bits per heavy atom. The minimum Gasteiger partial charge on any atom is -0.486 e. The van der Waals surface area contributed by atoms with Crippen molar-refractivity contribution in [2.75, 3.05) is 18.5 Å². The van der Waals surface area contributed by atoms with E-state index in [1.54, 1.807) is 32.0 Å². The average molecular weight is 360 g/mol. The summed E-state index contributed by atoms with van der Waals surface area (Å²) in [5.41, 5.74) is 1.84. The normalized spacial score (nSPS) is 13.8. The minimum absolute atomic E-state index is 0.00279. The molecule has 0 fully saturated rings. The monoisotopic (exact) mass is 360 g/mol. The Balaban J connectivity index is 1.57. The summed E-state index contributed by atoms with van der Waals surface area (Å²) in [6.45, 7) is 5.94. The molecule has 8 heteroatoms. The van der Waals surface area contributed by atoms with Crippen LogP contribution in [0.2, 0.25) is 0 Å². The summed E-state index contributed by atoms with van der Waals surface area (Å²) in [4.78, 5) is 24.3. The highest BCUT2D eigenvalue weighted by Crippen LogP contribution is 2.32. The quantitative estimate of drug-likeness (QED) is 0.816. The molecule has 0 saturated heterocycles. The van der Waals surface area contributed by atoms with Gasteiger partial charge in [0.25, 0.3) is 5.91 Å². The first-order valence-corrected chi connectivity index (χ1v) is 8.26. The van der Waals surface area contributed by atoms with E-state index in [0.29, 0.717) is 47.4 Å². The molecule has 0 saturated carbocycles. The minimum atomic E-state index is -0.948. The average Bonchev–Trinajstić information content (AvgIpc) is 2.93. The second-order valence-electron chi connectivity index (χ2n) is 5.96. The number of carbonyl (C=O) groups excluding carboxylic acids is 2. The maximum absolute atomic E-state index is 12.3. The molecule has 1 aliphatic heterocycles. The Morgan fingerprint density at radius 1 is 1.23 bits per heavy atom. The van der Waals surface area contributed by atoms with Crippen LogP contribution in [-0.4, -0.2) is 36.4 Å². The summed E-state index contributed by atoms with van der Waals surface area (Å²) >= 11 is 0. The van der Waals surface area contributed by atoms with Gasteiger partial charge in [0.05, 0.1) is 12.1 Å². The number of amides is 1. The number of ether oxygens (including phenoxy) is 3. The Morgan fingerprint density at radius 2 is 1.96 bits per heavy atom. The SMILES string of the molecule is Cc1noc(C)c1CC(=O)O[C@@H](C)C(=O)Nc1ccc2c(c1)OCCO2. The largest absolute Gasteiger partial charge is 0.486 e. The number of aryl methyl sites for hydroxylation is 2. The molecular weight excluding hydrogens is 340 g/mol. The number of esters is 1. The molecule has 1 atom stereocenters. The number of aromatic nitrogens is 1. The van der Waals surface area contributed by atoms with E-state index in [4.69, 9.17) is 18.7 Å². The first-order chi connectivity index (χ1) is 12.4. The number of hydrogen-bond donors (Lipinski definition) is 1. The Kier molecular flexibility index (Phi) is 5.11. The predicted molar refractivity (Wildman–Crippen MR) is 91.3 cm³/mol. The summed E-state index contributed by atoms with van der Waals surface area (Å²) in [6.07, 6.45) is -0.945. The summed E-state index contributed by atoms with van der Waals surface area (Å²) in [7, 11) is 0. The number of carbonyl (C=O) groups is 2. The summed E-state index contributed by atoms with van der Waals surface area (Å²) in [5.74, 6) is 0.802. The fourth-order valence-electron chi connectivity index (χ4n) is 2.56. The molecule has 3 rings (SSSR count). The molecule has 0 aliphatic carbocycles. The van der Waals surface area contributed by atoms with Crippen LogP contribution in [0.5, 0.6) is 11.5 Å². The first kappa shape index (κ1) is 17.8. The van der Waals surface area contributed by atoms with Crippen LogP contribution in [0.25, 0.3) is 0 Å². The van der Waals surface area contributed by atoms with Crippen molar-refractivity contribution in [2.45, 2.75) is 33.3 Å². The predicted octanol–water partition coefficient (Wildman–Crippen LogP) is 2.18. The summed E-state index contributed by atoms with van der Waals surface area (Å²) in [6, 6.07) is 5.09. The van der Waals surface area contributed by atoms with Crippen molar-refractivity contribution in [3.8, 4) is 11.5 Å². The van der Waals surface area contributed by atoms with Gasteiger partial charge in [-0.25, -0.2) is 0 Å². The molecule has 26 heavy (non-hydrogen) atoms. The molecule has 1 amide bonds. The smallest absolute Gasteiger partial charge is 0.311 e. The van der Waals surface area contributed by atoms with E-state index >= 15 is 0 Å². The third kappa shape index (κ3) is 3.96. The van der Waals surface area contributed by atoms with Gasteiger partial charge in [0, 0.05) is 17.3 Å². The molecule has 1 aromatic heterocycles. The number of nitrogens with zero attached hydrogens (tertiary/aromatic N) is 1. The molecule has 1 aromatic carbocycles. The molecule has 8 nitrogen and oxygen atoms in total. The van der Waals surface area contributed by atoms with Crippen LogP contribution in [0.4, 0.5) is 5.69 Å². The van der Waals surface area contributed by atoms with Gasteiger partial charge in [-0.05, 0) is 32.9 Å². The summed E-state index contributed by atoms with van der Waals surface area (Å²) in [5, 5.41) is 6.49. The maximum atomic E-state index is 12.3. The Labute approximate surface area is 150 Å². The van der Waals surface area contributed by atoms with Crippen molar-refractivity contribution in [1.29, 1.82) is 0 Å². The van der Waals surface area contributed by atoms with Gasteiger partial charge in [-0.3, -0.25) is 9.59 Å². The highest BCUT2D eigenvalue weighted by atomic mass is 16.6. The molecule has 1 aliphatic rings. The molecule has 0 unspecified atom stereocenters. The number of benzene rings is 1. The van der Waals surface area contributed by atoms with E-state index in [1.807, 2.05) is 0 Å². The van der Waals surface area contributed by atoms with Crippen LogP contribution in [0.3, 0.4) is 0 Å². The third-order valence-corrected chi connectivity index (χ3v) is 3.99. The fraction of sp³-hybridized carbons (Fsp3) is 0.389. The van der Waals surface area contributed by atoms with Crippen molar-refractivity contribution >= 4 is 17.6 Å². The van der Waals surface area contributed by atoms with Crippen LogP contribution in [0.1, 0.15) is 23.9 Å². The van der Waals surface area contributed by atoms with Gasteiger partial charge < -0.3 is 24.1 Å². The number of rotatable bonds is 5. The van der Waals surface area contributed by atoms with Crippen LogP contribution < -0.4 is 14.8 Å². The Hall–Kier alpha value is -3.03. The molecular formula is C18H20N2O6. The standard InChI is InChI=1S/C18H20N2O6/c1-10-14(11(2)26-20-10)9-17(21)25-12(3)18(22)19-13-4-5-15-16(8-13)24-7-6-23-15/h4-5,8,12H,6-7,9H2,1-3H3,(H,19,22)/t12-/m0/s1. The molecule has 2 aromatic rings. The topological polar surface area (TPSA) is 99.9 Å². The van der Waals surface area contributed by atoms with E-state index in [1.165, 1.54) is 6.92 Å². The number of anilines is 1. The van der Waals surface area contributed by atoms with Crippen molar-refractivity contribution in [3.63, 3.8) is 0 Å². The highest BCUT2D eigenvalue weighted by molar-refractivity contribution is 5.95. The van der Waals surface area contributed by atoms with Gasteiger partial charge in [-0.1, -0.05) is 5.16 Å². The molecule has 0 radical (unpaired) electrons. The Bertz CT molecular complexity index is 810. The van der Waals surface area contributed by atoms with Crippen LogP contribution in [0, 0.1) is 13.8 Å². The van der Waals surface area contributed by atoms with Crippen molar-refractivity contribution in [1.82, 2.24) is 5.16 Å². The number of fused-ring (bicyclic) bond motifs is 1. The van der Waals surface area contributed by atoms with Gasteiger partial charge >= 0.3 is 5.97 Å². The zero-order valence-electron chi connectivity index (χ0n) is 14.8. The van der Waals surface area contributed by atoms with E-state index in [-0.39, 0.29) is 6.42 Å². The molecule has 138 valence electrons. The molecule has 0 bridgehead atoms. The third-order valence-electron chi connectivity index (χ3n) is 3.99. The van der Waals surface area contributed by atoms with E-state index in [0.717, 1.165) is 0 Å².